The molecule has 2 N–H and O–H groups in total. The lowest BCUT2D eigenvalue weighted by molar-refractivity contribution is 0.354. The first-order valence-electron chi connectivity index (χ1n) is 9.81. The van der Waals surface area contributed by atoms with Crippen LogP contribution in [0.1, 0.15) is 25.7 Å². The van der Waals surface area contributed by atoms with Crippen LogP contribution in [0, 0.1) is 0 Å². The number of anilines is 1. The van der Waals surface area contributed by atoms with Crippen LogP contribution in [-0.4, -0.2) is 55.3 Å². The number of rotatable bonds is 4. The van der Waals surface area contributed by atoms with Crippen LogP contribution in [0.15, 0.2) is 24.8 Å². The zero-order chi connectivity index (χ0) is 19.4. The van der Waals surface area contributed by atoms with Crippen molar-refractivity contribution in [2.24, 2.45) is 0 Å². The number of aromatic nitrogens is 6. The van der Waals surface area contributed by atoms with Gasteiger partial charge < -0.3 is 10.2 Å². The van der Waals surface area contributed by atoms with Crippen molar-refractivity contribution in [1.82, 2.24) is 35.5 Å². The predicted octanol–water partition coefficient (Wildman–Crippen LogP) is 3.32. The molecule has 0 radical (unpaired) electrons. The fourth-order valence-corrected chi connectivity index (χ4v) is 6.39. The van der Waals surface area contributed by atoms with Gasteiger partial charge in [-0.1, -0.05) is 22.7 Å². The van der Waals surface area contributed by atoms with E-state index < -0.39 is 0 Å². The maximum absolute atomic E-state index is 4.87. The minimum Gasteiger partial charge on any atom is -0.348 e. The smallest absolute Gasteiger partial charge is 0.188 e. The predicted molar refractivity (Wildman–Crippen MR) is 115 cm³/mol. The van der Waals surface area contributed by atoms with Crippen LogP contribution in [0.2, 0.25) is 0 Å². The molecule has 1 unspecified atom stereocenters. The first-order chi connectivity index (χ1) is 14.2. The second-order valence-corrected chi connectivity index (χ2v) is 9.72. The Morgan fingerprint density at radius 2 is 1.72 bits per heavy atom. The van der Waals surface area contributed by atoms with Crippen molar-refractivity contribution >= 4 is 37.5 Å². The van der Waals surface area contributed by atoms with Gasteiger partial charge in [0.05, 0.1) is 6.20 Å². The van der Waals surface area contributed by atoms with Gasteiger partial charge in [-0.15, -0.1) is 0 Å². The maximum atomic E-state index is 4.87. The molecule has 2 fully saturated rings. The van der Waals surface area contributed by atoms with Crippen molar-refractivity contribution in [1.29, 1.82) is 0 Å². The normalized spacial score (nSPS) is 23.7. The minimum atomic E-state index is 0.562. The van der Waals surface area contributed by atoms with Crippen molar-refractivity contribution in [3.8, 4) is 22.0 Å². The molecule has 148 valence electrons. The van der Waals surface area contributed by atoms with Crippen LogP contribution < -0.4 is 10.2 Å². The van der Waals surface area contributed by atoms with Crippen LogP contribution in [0.3, 0.4) is 0 Å². The summed E-state index contributed by atoms with van der Waals surface area (Å²) in [4.78, 5) is 22.9. The van der Waals surface area contributed by atoms with Crippen LogP contribution in [-0.2, 0) is 0 Å². The molecule has 4 aromatic heterocycles. The summed E-state index contributed by atoms with van der Waals surface area (Å²) < 4.78 is 0. The molecule has 4 aromatic rings. The summed E-state index contributed by atoms with van der Waals surface area (Å²) in [5.74, 6) is 0.636. The van der Waals surface area contributed by atoms with Gasteiger partial charge in [-0.3, -0.25) is 5.10 Å². The summed E-state index contributed by atoms with van der Waals surface area (Å²) in [6.45, 7) is 0. The number of H-pyrrole nitrogens is 1. The largest absolute Gasteiger partial charge is 0.348 e. The standard InChI is InChI=1S/C19H20N8S2/c1-27(14-4-12-2-3-13(5-14)24-12)19-26-18-17(29-19)25-16(28-18)15-20-6-10(7-21-15)11-8-22-23-9-11/h6-9,12-14,24H,2-5H2,1H3,(H,22,23)/t12-,13+,14?. The zero-order valence-corrected chi connectivity index (χ0v) is 17.5. The van der Waals surface area contributed by atoms with E-state index in [0.29, 0.717) is 23.9 Å². The van der Waals surface area contributed by atoms with Crippen LogP contribution >= 0.6 is 22.7 Å². The van der Waals surface area contributed by atoms with Gasteiger partial charge in [-0.05, 0) is 25.7 Å². The molecule has 6 heterocycles. The highest BCUT2D eigenvalue weighted by Gasteiger charge is 2.36. The van der Waals surface area contributed by atoms with E-state index in [9.17, 15) is 0 Å². The minimum absolute atomic E-state index is 0.562. The van der Waals surface area contributed by atoms with E-state index in [-0.39, 0.29) is 0 Å². The first-order valence-corrected chi connectivity index (χ1v) is 11.4. The fraction of sp³-hybridized carbons (Fsp3) is 0.421. The molecule has 3 atom stereocenters. The van der Waals surface area contributed by atoms with Crippen LogP contribution in [0.4, 0.5) is 5.13 Å². The van der Waals surface area contributed by atoms with Gasteiger partial charge in [-0.25, -0.2) is 19.9 Å². The summed E-state index contributed by atoms with van der Waals surface area (Å²) in [5.41, 5.74) is 1.90. The Morgan fingerprint density at radius 3 is 2.41 bits per heavy atom. The van der Waals surface area contributed by atoms with E-state index in [0.717, 1.165) is 30.9 Å². The molecule has 0 aromatic carbocycles. The molecule has 2 aliphatic rings. The molecule has 2 saturated heterocycles. The maximum Gasteiger partial charge on any atom is 0.188 e. The topological polar surface area (TPSA) is 95.5 Å². The lowest BCUT2D eigenvalue weighted by Crippen LogP contribution is -2.47. The van der Waals surface area contributed by atoms with Crippen molar-refractivity contribution < 1.29 is 0 Å². The van der Waals surface area contributed by atoms with Gasteiger partial charge in [0.25, 0.3) is 0 Å². The highest BCUT2D eigenvalue weighted by atomic mass is 32.1. The first kappa shape index (κ1) is 17.4. The molecule has 29 heavy (non-hydrogen) atoms. The third kappa shape index (κ3) is 3.11. The Hall–Kier alpha value is -2.43. The molecule has 2 bridgehead atoms. The average Bonchev–Trinajstić information content (AvgIpc) is 3.51. The van der Waals surface area contributed by atoms with Crippen LogP contribution in [0.5, 0.6) is 0 Å². The van der Waals surface area contributed by atoms with E-state index >= 15 is 0 Å². The molecule has 0 aliphatic carbocycles. The molecule has 10 heteroatoms. The second kappa shape index (κ2) is 6.82. The number of nitrogens with zero attached hydrogens (tertiary/aromatic N) is 6. The average molecular weight is 425 g/mol. The van der Waals surface area contributed by atoms with Gasteiger partial charge >= 0.3 is 0 Å². The van der Waals surface area contributed by atoms with E-state index in [1.54, 1.807) is 41.3 Å². The molecule has 2 aliphatic heterocycles. The van der Waals surface area contributed by atoms with Gasteiger partial charge in [0.15, 0.2) is 25.6 Å². The van der Waals surface area contributed by atoms with E-state index in [4.69, 9.17) is 9.97 Å². The molecule has 0 saturated carbocycles. The third-order valence-electron chi connectivity index (χ3n) is 5.94. The summed E-state index contributed by atoms with van der Waals surface area (Å²) >= 11 is 3.22. The Kier molecular flexibility index (Phi) is 4.10. The number of thiazole rings is 2. The molecular formula is C19H20N8S2. The molecule has 0 spiro atoms. The molecular weight excluding hydrogens is 404 g/mol. The Morgan fingerprint density at radius 1 is 0.966 bits per heavy atom. The molecule has 0 amide bonds. The number of nitrogens with one attached hydrogen (secondary N) is 2. The summed E-state index contributed by atoms with van der Waals surface area (Å²) in [7, 11) is 2.18. The van der Waals surface area contributed by atoms with Crippen LogP contribution in [0.25, 0.3) is 31.6 Å². The highest BCUT2D eigenvalue weighted by Crippen LogP contribution is 2.38. The number of fused-ring (bicyclic) bond motifs is 3. The number of hydrogen-bond donors (Lipinski definition) is 2. The van der Waals surface area contributed by atoms with Crippen molar-refractivity contribution in [3.63, 3.8) is 0 Å². The van der Waals surface area contributed by atoms with E-state index in [2.05, 4.69) is 37.4 Å². The second-order valence-electron chi connectivity index (χ2n) is 7.78. The van der Waals surface area contributed by atoms with Crippen molar-refractivity contribution in [2.75, 3.05) is 11.9 Å². The lowest BCUT2D eigenvalue weighted by atomic mass is 9.99. The monoisotopic (exact) mass is 424 g/mol. The Bertz CT molecular complexity index is 1090. The SMILES string of the molecule is CN(c1nc2sc(-c3ncc(-c4cn[nH]c4)cn3)nc2s1)C1C[C@H]2CC[C@@H](C1)N2. The Balaban J connectivity index is 1.23. The van der Waals surface area contributed by atoms with E-state index in [1.165, 1.54) is 25.7 Å². The molecule has 8 nitrogen and oxygen atoms in total. The zero-order valence-electron chi connectivity index (χ0n) is 15.9. The number of piperidine rings is 1. The van der Waals surface area contributed by atoms with E-state index in [1.807, 2.05) is 6.20 Å². The van der Waals surface area contributed by atoms with Crippen molar-refractivity contribution in [3.05, 3.63) is 24.8 Å². The Labute approximate surface area is 175 Å². The van der Waals surface area contributed by atoms with Gasteiger partial charge in [0.1, 0.15) is 0 Å². The third-order valence-corrected chi connectivity index (χ3v) is 8.05. The van der Waals surface area contributed by atoms with Gasteiger partial charge in [0.2, 0.25) is 0 Å². The quantitative estimate of drug-likeness (QED) is 0.519. The van der Waals surface area contributed by atoms with Crippen molar-refractivity contribution in [2.45, 2.75) is 43.8 Å². The fourth-order valence-electron chi connectivity index (χ4n) is 4.37. The summed E-state index contributed by atoms with van der Waals surface area (Å²) in [6, 6.07) is 1.91. The number of hydrogen-bond acceptors (Lipinski definition) is 9. The van der Waals surface area contributed by atoms with Gasteiger partial charge in [-0.2, -0.15) is 5.10 Å². The summed E-state index contributed by atoms with van der Waals surface area (Å²) in [6.07, 6.45) is 12.2. The van der Waals surface area contributed by atoms with Gasteiger partial charge in [0, 0.05) is 54.9 Å². The molecule has 6 rings (SSSR count). The lowest BCUT2D eigenvalue weighted by Gasteiger charge is -2.35. The summed E-state index contributed by atoms with van der Waals surface area (Å²) in [5, 5.41) is 12.4. The highest BCUT2D eigenvalue weighted by molar-refractivity contribution is 7.29. The number of aromatic amines is 1.